The Balaban J connectivity index is 1.97. The lowest BCUT2D eigenvalue weighted by Gasteiger charge is -2.07. The Bertz CT molecular complexity index is 747. The van der Waals surface area contributed by atoms with Crippen LogP contribution in [0.15, 0.2) is 36.4 Å². The lowest BCUT2D eigenvalue weighted by molar-refractivity contribution is 1.11. The van der Waals surface area contributed by atoms with Gasteiger partial charge in [-0.3, -0.25) is 0 Å². The predicted molar refractivity (Wildman–Crippen MR) is 84.3 cm³/mol. The van der Waals surface area contributed by atoms with Gasteiger partial charge < -0.3 is 10.3 Å². The van der Waals surface area contributed by atoms with Gasteiger partial charge in [0, 0.05) is 17.6 Å². The molecule has 0 spiro atoms. The predicted octanol–water partition coefficient (Wildman–Crippen LogP) is 4.45. The van der Waals surface area contributed by atoms with Crippen molar-refractivity contribution in [2.75, 3.05) is 5.32 Å². The van der Waals surface area contributed by atoms with Gasteiger partial charge in [0.25, 0.3) is 0 Å². The third kappa shape index (κ3) is 2.37. The normalized spacial score (nSPS) is 10.9. The number of aryl methyl sites for hydroxylation is 2. The molecule has 0 radical (unpaired) electrons. The fourth-order valence-electron chi connectivity index (χ4n) is 2.33. The molecule has 3 rings (SSSR count). The summed E-state index contributed by atoms with van der Waals surface area (Å²) in [6.07, 6.45) is 0. The SMILES string of the molecule is Cc1[nH]c2c(NCc3ccccc3)nc(Cl)cc2c1C. The molecule has 0 unspecified atom stereocenters. The van der Waals surface area contributed by atoms with Crippen LogP contribution in [-0.2, 0) is 6.54 Å². The van der Waals surface area contributed by atoms with Crippen LogP contribution >= 0.6 is 11.6 Å². The molecule has 0 saturated carbocycles. The number of rotatable bonds is 3. The van der Waals surface area contributed by atoms with Gasteiger partial charge in [-0.2, -0.15) is 0 Å². The van der Waals surface area contributed by atoms with Gasteiger partial charge in [-0.25, -0.2) is 4.98 Å². The number of aromatic nitrogens is 2. The van der Waals surface area contributed by atoms with Crippen molar-refractivity contribution in [2.45, 2.75) is 20.4 Å². The van der Waals surface area contributed by atoms with Crippen LogP contribution < -0.4 is 5.32 Å². The van der Waals surface area contributed by atoms with E-state index in [1.54, 1.807) is 0 Å². The maximum atomic E-state index is 6.12. The summed E-state index contributed by atoms with van der Waals surface area (Å²) in [4.78, 5) is 7.77. The van der Waals surface area contributed by atoms with E-state index >= 15 is 0 Å². The van der Waals surface area contributed by atoms with Crippen LogP contribution in [0.25, 0.3) is 10.9 Å². The van der Waals surface area contributed by atoms with Gasteiger partial charge in [0.1, 0.15) is 5.15 Å². The summed E-state index contributed by atoms with van der Waals surface area (Å²) < 4.78 is 0. The summed E-state index contributed by atoms with van der Waals surface area (Å²) in [5, 5.41) is 4.99. The summed E-state index contributed by atoms with van der Waals surface area (Å²) in [5.74, 6) is 0.799. The summed E-state index contributed by atoms with van der Waals surface area (Å²) in [7, 11) is 0. The largest absolute Gasteiger partial charge is 0.364 e. The Kier molecular flexibility index (Phi) is 3.36. The summed E-state index contributed by atoms with van der Waals surface area (Å²) in [5.41, 5.74) is 4.58. The number of fused-ring (bicyclic) bond motifs is 1. The van der Waals surface area contributed by atoms with Crippen LogP contribution in [0, 0.1) is 13.8 Å². The van der Waals surface area contributed by atoms with Crippen molar-refractivity contribution >= 4 is 28.3 Å². The molecule has 0 aliphatic rings. The highest BCUT2D eigenvalue weighted by Crippen LogP contribution is 2.29. The third-order valence-corrected chi connectivity index (χ3v) is 3.76. The van der Waals surface area contributed by atoms with Crippen LogP contribution in [0.4, 0.5) is 5.82 Å². The standard InChI is InChI=1S/C16H16ClN3/c1-10-11(2)19-15-13(10)8-14(17)20-16(15)18-9-12-6-4-3-5-7-12/h3-8,19H,9H2,1-2H3,(H,18,20). The fraction of sp³-hybridized carbons (Fsp3) is 0.188. The second-order valence-electron chi connectivity index (χ2n) is 4.93. The van der Waals surface area contributed by atoms with Crippen molar-refractivity contribution < 1.29 is 0 Å². The van der Waals surface area contributed by atoms with Crippen LogP contribution in [0.5, 0.6) is 0 Å². The van der Waals surface area contributed by atoms with Gasteiger partial charge in [-0.1, -0.05) is 41.9 Å². The molecule has 0 fully saturated rings. The first-order chi connectivity index (χ1) is 9.65. The van der Waals surface area contributed by atoms with Crippen molar-refractivity contribution in [3.8, 4) is 0 Å². The minimum atomic E-state index is 0.509. The summed E-state index contributed by atoms with van der Waals surface area (Å²) in [6, 6.07) is 12.1. The van der Waals surface area contributed by atoms with Gasteiger partial charge in [-0.15, -0.1) is 0 Å². The number of pyridine rings is 1. The van der Waals surface area contributed by atoms with Crippen molar-refractivity contribution in [3.63, 3.8) is 0 Å². The quantitative estimate of drug-likeness (QED) is 0.698. The molecule has 0 atom stereocenters. The lowest BCUT2D eigenvalue weighted by atomic mass is 10.2. The number of anilines is 1. The Labute approximate surface area is 123 Å². The first kappa shape index (κ1) is 13.0. The van der Waals surface area contributed by atoms with E-state index in [0.29, 0.717) is 5.15 Å². The van der Waals surface area contributed by atoms with E-state index in [1.807, 2.05) is 24.3 Å². The molecule has 3 nitrogen and oxygen atoms in total. The average Bonchev–Trinajstić information content (AvgIpc) is 2.74. The number of halogens is 1. The second kappa shape index (κ2) is 5.17. The number of nitrogens with one attached hydrogen (secondary N) is 2. The molecule has 2 N–H and O–H groups in total. The Morgan fingerprint density at radius 2 is 1.95 bits per heavy atom. The minimum absolute atomic E-state index is 0.509. The maximum Gasteiger partial charge on any atom is 0.152 e. The van der Waals surface area contributed by atoms with Crippen LogP contribution in [0.2, 0.25) is 5.15 Å². The smallest absolute Gasteiger partial charge is 0.152 e. The maximum absolute atomic E-state index is 6.12. The zero-order chi connectivity index (χ0) is 14.1. The highest BCUT2D eigenvalue weighted by Gasteiger charge is 2.11. The van der Waals surface area contributed by atoms with Gasteiger partial charge >= 0.3 is 0 Å². The third-order valence-electron chi connectivity index (χ3n) is 3.57. The Morgan fingerprint density at radius 1 is 1.20 bits per heavy atom. The molecule has 3 aromatic rings. The van der Waals surface area contributed by atoms with E-state index in [9.17, 15) is 0 Å². The number of hydrogen-bond donors (Lipinski definition) is 2. The van der Waals surface area contributed by atoms with Crippen molar-refractivity contribution in [3.05, 3.63) is 58.4 Å². The van der Waals surface area contributed by atoms with E-state index in [1.165, 1.54) is 11.1 Å². The Morgan fingerprint density at radius 3 is 2.70 bits per heavy atom. The molecule has 0 saturated heterocycles. The number of benzene rings is 1. The number of hydrogen-bond acceptors (Lipinski definition) is 2. The van der Waals surface area contributed by atoms with Gasteiger partial charge in [0.05, 0.1) is 5.52 Å². The molecule has 102 valence electrons. The van der Waals surface area contributed by atoms with Gasteiger partial charge in [0.15, 0.2) is 5.82 Å². The molecule has 4 heteroatoms. The molecule has 0 aliphatic heterocycles. The Hall–Kier alpha value is -2.00. The topological polar surface area (TPSA) is 40.7 Å². The van der Waals surface area contributed by atoms with Gasteiger partial charge in [0.2, 0.25) is 0 Å². The number of nitrogens with zero attached hydrogens (tertiary/aromatic N) is 1. The first-order valence-corrected chi connectivity index (χ1v) is 6.96. The minimum Gasteiger partial charge on any atom is -0.364 e. The molecule has 1 aromatic carbocycles. The van der Waals surface area contributed by atoms with Crippen LogP contribution in [0.1, 0.15) is 16.8 Å². The first-order valence-electron chi connectivity index (χ1n) is 6.58. The fourth-order valence-corrected chi connectivity index (χ4v) is 2.52. The molecule has 0 bridgehead atoms. The summed E-state index contributed by atoms with van der Waals surface area (Å²) in [6.45, 7) is 4.87. The molecular weight excluding hydrogens is 270 g/mol. The summed E-state index contributed by atoms with van der Waals surface area (Å²) >= 11 is 6.12. The number of aromatic amines is 1. The average molecular weight is 286 g/mol. The van der Waals surface area contributed by atoms with Crippen LogP contribution in [-0.4, -0.2) is 9.97 Å². The van der Waals surface area contributed by atoms with Gasteiger partial charge in [-0.05, 0) is 31.0 Å². The van der Waals surface area contributed by atoms with E-state index in [2.05, 4.69) is 41.3 Å². The van der Waals surface area contributed by atoms with E-state index < -0.39 is 0 Å². The van der Waals surface area contributed by atoms with E-state index in [4.69, 9.17) is 11.6 Å². The molecule has 0 amide bonds. The van der Waals surface area contributed by atoms with E-state index in [0.717, 1.165) is 29.0 Å². The second-order valence-corrected chi connectivity index (χ2v) is 5.32. The van der Waals surface area contributed by atoms with Crippen molar-refractivity contribution in [1.82, 2.24) is 9.97 Å². The van der Waals surface area contributed by atoms with Crippen molar-refractivity contribution in [1.29, 1.82) is 0 Å². The zero-order valence-electron chi connectivity index (χ0n) is 11.5. The molecule has 20 heavy (non-hydrogen) atoms. The van der Waals surface area contributed by atoms with Crippen molar-refractivity contribution in [2.24, 2.45) is 0 Å². The molecule has 2 heterocycles. The molecule has 2 aromatic heterocycles. The molecule has 0 aliphatic carbocycles. The number of H-pyrrole nitrogens is 1. The zero-order valence-corrected chi connectivity index (χ0v) is 12.3. The molecular formula is C16H16ClN3. The highest BCUT2D eigenvalue weighted by molar-refractivity contribution is 6.30. The van der Waals surface area contributed by atoms with Crippen LogP contribution in [0.3, 0.4) is 0 Å². The highest BCUT2D eigenvalue weighted by atomic mass is 35.5. The van der Waals surface area contributed by atoms with E-state index in [-0.39, 0.29) is 0 Å². The monoisotopic (exact) mass is 285 g/mol. The lowest BCUT2D eigenvalue weighted by Crippen LogP contribution is -2.02.